The second-order valence-electron chi connectivity index (χ2n) is 4.81. The van der Waals surface area contributed by atoms with Gasteiger partial charge < -0.3 is 15.1 Å². The van der Waals surface area contributed by atoms with Crippen LogP contribution in [0.25, 0.3) is 0 Å². The lowest BCUT2D eigenvalue weighted by Crippen LogP contribution is -2.23. The fourth-order valence-electron chi connectivity index (χ4n) is 2.02. The molecule has 0 aliphatic rings. The maximum absolute atomic E-state index is 12.2. The van der Waals surface area contributed by atoms with E-state index in [0.29, 0.717) is 12.1 Å². The Morgan fingerprint density at radius 2 is 2.10 bits per heavy atom. The number of amides is 1. The number of carbonyl (C=O) groups is 1. The van der Waals surface area contributed by atoms with E-state index in [4.69, 9.17) is 4.42 Å². The molecule has 0 fully saturated rings. The number of hydrogen-bond donors (Lipinski definition) is 2. The van der Waals surface area contributed by atoms with Crippen molar-refractivity contribution in [3.8, 4) is 0 Å². The van der Waals surface area contributed by atoms with Crippen molar-refractivity contribution in [3.63, 3.8) is 0 Å². The minimum absolute atomic E-state index is 0.125. The Labute approximate surface area is 124 Å². The van der Waals surface area contributed by atoms with Crippen LogP contribution in [-0.4, -0.2) is 17.4 Å². The molecule has 0 aliphatic heterocycles. The largest absolute Gasteiger partial charge is 0.465 e. The highest BCUT2D eigenvalue weighted by atomic mass is 16.3. The van der Waals surface area contributed by atoms with Crippen LogP contribution in [0.2, 0.25) is 0 Å². The van der Waals surface area contributed by atoms with Crippen molar-refractivity contribution in [2.24, 2.45) is 0 Å². The van der Waals surface area contributed by atoms with Gasteiger partial charge in [0.15, 0.2) is 0 Å². The molecule has 5 heteroatoms. The number of aryl methyl sites for hydroxylation is 2. The van der Waals surface area contributed by atoms with Crippen LogP contribution < -0.4 is 10.6 Å². The number of furan rings is 1. The first-order valence-corrected chi connectivity index (χ1v) is 7.20. The van der Waals surface area contributed by atoms with E-state index in [9.17, 15) is 4.79 Å². The Balaban J connectivity index is 2.08. The summed E-state index contributed by atoms with van der Waals surface area (Å²) in [4.78, 5) is 16.7. The molecule has 2 N–H and O–H groups in total. The predicted octanol–water partition coefficient (Wildman–Crippen LogP) is 2.91. The Morgan fingerprint density at radius 1 is 1.29 bits per heavy atom. The van der Waals surface area contributed by atoms with Crippen LogP contribution in [-0.2, 0) is 13.0 Å². The summed E-state index contributed by atoms with van der Waals surface area (Å²) in [5.41, 5.74) is 1.51. The molecule has 21 heavy (non-hydrogen) atoms. The van der Waals surface area contributed by atoms with E-state index >= 15 is 0 Å². The lowest BCUT2D eigenvalue weighted by Gasteiger charge is -2.09. The lowest BCUT2D eigenvalue weighted by molar-refractivity contribution is 0.0947. The van der Waals surface area contributed by atoms with Gasteiger partial charge in [-0.15, -0.1) is 0 Å². The first kappa shape index (κ1) is 15.1. The molecule has 0 atom stereocenters. The number of nitrogens with one attached hydrogen (secondary N) is 2. The Morgan fingerprint density at radius 3 is 2.71 bits per heavy atom. The summed E-state index contributed by atoms with van der Waals surface area (Å²) in [6.07, 6.45) is 0.789. The number of nitrogens with zero attached hydrogens (tertiary/aromatic N) is 1. The van der Waals surface area contributed by atoms with Crippen LogP contribution in [0.1, 0.15) is 41.4 Å². The van der Waals surface area contributed by atoms with Gasteiger partial charge in [-0.2, -0.15) is 0 Å². The molecular formula is C16H21N3O2. The quantitative estimate of drug-likeness (QED) is 0.857. The average Bonchev–Trinajstić information content (AvgIpc) is 2.90. The number of aromatic nitrogens is 1. The van der Waals surface area contributed by atoms with E-state index in [-0.39, 0.29) is 5.91 Å². The van der Waals surface area contributed by atoms with E-state index in [1.54, 1.807) is 6.07 Å². The first-order valence-electron chi connectivity index (χ1n) is 7.20. The van der Waals surface area contributed by atoms with Crippen molar-refractivity contribution in [3.05, 3.63) is 47.0 Å². The first-order chi connectivity index (χ1) is 10.1. The van der Waals surface area contributed by atoms with E-state index in [0.717, 1.165) is 36.0 Å². The van der Waals surface area contributed by atoms with E-state index < -0.39 is 0 Å². The van der Waals surface area contributed by atoms with Crippen molar-refractivity contribution >= 4 is 11.7 Å². The molecule has 0 unspecified atom stereocenters. The van der Waals surface area contributed by atoms with Crippen LogP contribution in [0.15, 0.2) is 28.7 Å². The van der Waals surface area contributed by atoms with Gasteiger partial charge in [0.2, 0.25) is 0 Å². The summed E-state index contributed by atoms with van der Waals surface area (Å²) >= 11 is 0. The molecule has 2 heterocycles. The highest BCUT2D eigenvalue weighted by molar-refractivity contribution is 5.94. The maximum Gasteiger partial charge on any atom is 0.251 e. The summed E-state index contributed by atoms with van der Waals surface area (Å²) in [6, 6.07) is 7.34. The zero-order valence-electron chi connectivity index (χ0n) is 12.7. The van der Waals surface area contributed by atoms with Crippen LogP contribution in [0.5, 0.6) is 0 Å². The topological polar surface area (TPSA) is 67.2 Å². The molecule has 2 aromatic rings. The second kappa shape index (κ2) is 6.92. The molecule has 0 spiro atoms. The molecule has 112 valence electrons. The zero-order valence-corrected chi connectivity index (χ0v) is 12.7. The van der Waals surface area contributed by atoms with Gasteiger partial charge in [0, 0.05) is 17.8 Å². The fourth-order valence-corrected chi connectivity index (χ4v) is 2.02. The van der Waals surface area contributed by atoms with Crippen LogP contribution in [0.3, 0.4) is 0 Å². The molecule has 0 radical (unpaired) electrons. The van der Waals surface area contributed by atoms with Crippen molar-refractivity contribution in [2.75, 3.05) is 11.9 Å². The average molecular weight is 287 g/mol. The SMILES string of the molecule is CCNc1cc(C(=O)NCc2ccc(C)o2)cc(CC)n1. The third-order valence-corrected chi connectivity index (χ3v) is 3.08. The summed E-state index contributed by atoms with van der Waals surface area (Å²) in [5.74, 6) is 2.19. The summed E-state index contributed by atoms with van der Waals surface area (Å²) in [5, 5.41) is 6.01. The van der Waals surface area contributed by atoms with Gasteiger partial charge in [-0.05, 0) is 44.5 Å². The molecule has 2 aromatic heterocycles. The van der Waals surface area contributed by atoms with Gasteiger partial charge in [-0.3, -0.25) is 4.79 Å². The fraction of sp³-hybridized carbons (Fsp3) is 0.375. The number of pyridine rings is 1. The zero-order chi connectivity index (χ0) is 15.2. The van der Waals surface area contributed by atoms with Crippen molar-refractivity contribution in [1.82, 2.24) is 10.3 Å². The molecule has 0 bridgehead atoms. The highest BCUT2D eigenvalue weighted by Crippen LogP contribution is 2.12. The van der Waals surface area contributed by atoms with E-state index in [1.807, 2.05) is 39.0 Å². The minimum atomic E-state index is -0.125. The van der Waals surface area contributed by atoms with Crippen LogP contribution >= 0.6 is 0 Å². The molecule has 0 saturated carbocycles. The number of rotatable bonds is 6. The Kier molecular flexibility index (Phi) is 4.98. The highest BCUT2D eigenvalue weighted by Gasteiger charge is 2.10. The summed E-state index contributed by atoms with van der Waals surface area (Å²) < 4.78 is 5.44. The smallest absolute Gasteiger partial charge is 0.251 e. The van der Waals surface area contributed by atoms with E-state index in [1.165, 1.54) is 0 Å². The second-order valence-corrected chi connectivity index (χ2v) is 4.81. The van der Waals surface area contributed by atoms with Gasteiger partial charge in [-0.25, -0.2) is 4.98 Å². The molecule has 0 aromatic carbocycles. The van der Waals surface area contributed by atoms with Crippen molar-refractivity contribution < 1.29 is 9.21 Å². The van der Waals surface area contributed by atoms with Crippen LogP contribution in [0.4, 0.5) is 5.82 Å². The van der Waals surface area contributed by atoms with Crippen LogP contribution in [0, 0.1) is 6.92 Å². The van der Waals surface area contributed by atoms with E-state index in [2.05, 4.69) is 15.6 Å². The lowest BCUT2D eigenvalue weighted by atomic mass is 10.2. The summed E-state index contributed by atoms with van der Waals surface area (Å²) in [6.45, 7) is 7.05. The third kappa shape index (κ3) is 4.08. The molecule has 1 amide bonds. The number of hydrogen-bond acceptors (Lipinski definition) is 4. The monoisotopic (exact) mass is 287 g/mol. The van der Waals surface area contributed by atoms with Gasteiger partial charge in [0.05, 0.1) is 6.54 Å². The molecule has 2 rings (SSSR count). The Hall–Kier alpha value is -2.30. The van der Waals surface area contributed by atoms with Gasteiger partial charge >= 0.3 is 0 Å². The molecule has 0 aliphatic carbocycles. The van der Waals surface area contributed by atoms with Gasteiger partial charge in [0.25, 0.3) is 5.91 Å². The van der Waals surface area contributed by atoms with Crippen molar-refractivity contribution in [2.45, 2.75) is 33.7 Å². The van der Waals surface area contributed by atoms with Gasteiger partial charge in [0.1, 0.15) is 17.3 Å². The normalized spacial score (nSPS) is 10.4. The number of carbonyl (C=O) groups excluding carboxylic acids is 1. The maximum atomic E-state index is 12.2. The van der Waals surface area contributed by atoms with Gasteiger partial charge in [-0.1, -0.05) is 6.92 Å². The molecule has 5 nitrogen and oxygen atoms in total. The third-order valence-electron chi connectivity index (χ3n) is 3.08. The minimum Gasteiger partial charge on any atom is -0.465 e. The van der Waals surface area contributed by atoms with Crippen molar-refractivity contribution in [1.29, 1.82) is 0 Å². The standard InChI is InChI=1S/C16H21N3O2/c1-4-13-8-12(9-15(19-13)17-5-2)16(20)18-10-14-7-6-11(3)21-14/h6-9H,4-5,10H2,1-3H3,(H,17,19)(H,18,20). The molecular weight excluding hydrogens is 266 g/mol. The molecule has 0 saturated heterocycles. The predicted molar refractivity (Wildman–Crippen MR) is 82.4 cm³/mol. The summed E-state index contributed by atoms with van der Waals surface area (Å²) in [7, 11) is 0. The number of anilines is 1. The Bertz CT molecular complexity index is 620.